The van der Waals surface area contributed by atoms with Crippen molar-refractivity contribution in [1.29, 1.82) is 0 Å². The summed E-state index contributed by atoms with van der Waals surface area (Å²) in [5.74, 6) is 0.0288. The van der Waals surface area contributed by atoms with E-state index < -0.39 is 11.9 Å². The van der Waals surface area contributed by atoms with Gasteiger partial charge in [-0.25, -0.2) is 9.97 Å². The number of aromatic nitrogens is 2. The maximum atomic E-state index is 12.6. The zero-order valence-electron chi connectivity index (χ0n) is 10.6. The van der Waals surface area contributed by atoms with Crippen LogP contribution in [-0.2, 0) is 6.18 Å². The minimum atomic E-state index is -4.48. The molecule has 4 nitrogen and oxygen atoms in total. The maximum Gasteiger partial charge on any atom is 0.433 e. The molecule has 19 heavy (non-hydrogen) atoms. The van der Waals surface area contributed by atoms with Crippen LogP contribution in [0.4, 0.5) is 19.1 Å². The van der Waals surface area contributed by atoms with Crippen LogP contribution in [0.5, 0.6) is 0 Å². The first-order valence-electron chi connectivity index (χ1n) is 5.67. The van der Waals surface area contributed by atoms with Gasteiger partial charge in [0.1, 0.15) is 5.69 Å². The summed E-state index contributed by atoms with van der Waals surface area (Å²) in [6, 6.07) is 0.785. The van der Waals surface area contributed by atoms with Gasteiger partial charge in [0.15, 0.2) is 0 Å². The lowest BCUT2D eigenvalue weighted by atomic mass is 10.3. The lowest BCUT2D eigenvalue weighted by Gasteiger charge is -2.26. The van der Waals surface area contributed by atoms with E-state index >= 15 is 0 Å². The zero-order chi connectivity index (χ0) is 14.6. The first kappa shape index (κ1) is 15.6. The summed E-state index contributed by atoms with van der Waals surface area (Å²) in [6.07, 6.45) is -2.99. The summed E-state index contributed by atoms with van der Waals surface area (Å²) in [5.41, 5.74) is 4.44. The van der Waals surface area contributed by atoms with Gasteiger partial charge >= 0.3 is 6.18 Å². The van der Waals surface area contributed by atoms with E-state index in [0.717, 1.165) is 12.3 Å². The predicted octanol–water partition coefficient (Wildman–Crippen LogP) is 2.39. The predicted molar refractivity (Wildman–Crippen MR) is 70.9 cm³/mol. The normalized spacial score (nSPS) is 11.7. The van der Waals surface area contributed by atoms with Gasteiger partial charge in [0.05, 0.1) is 4.99 Å². The fourth-order valence-electron chi connectivity index (χ4n) is 1.46. The summed E-state index contributed by atoms with van der Waals surface area (Å²) in [6.45, 7) is 4.06. The highest BCUT2D eigenvalue weighted by Crippen LogP contribution is 2.28. The van der Waals surface area contributed by atoms with Crippen LogP contribution in [0.25, 0.3) is 0 Å². The van der Waals surface area contributed by atoms with Gasteiger partial charge in [-0.05, 0) is 19.9 Å². The number of halogens is 3. The van der Waals surface area contributed by atoms with Crippen molar-refractivity contribution >= 4 is 23.2 Å². The molecule has 0 aliphatic heterocycles. The van der Waals surface area contributed by atoms with Crippen LogP contribution in [0.3, 0.4) is 0 Å². The lowest BCUT2D eigenvalue weighted by molar-refractivity contribution is -0.141. The molecule has 0 aliphatic carbocycles. The Morgan fingerprint density at radius 2 is 2.11 bits per heavy atom. The fourth-order valence-corrected chi connectivity index (χ4v) is 1.56. The van der Waals surface area contributed by atoms with E-state index in [4.69, 9.17) is 18.0 Å². The molecule has 0 amide bonds. The van der Waals surface area contributed by atoms with E-state index in [2.05, 4.69) is 9.97 Å². The molecule has 0 aliphatic rings. The second-order valence-corrected chi connectivity index (χ2v) is 4.77. The second kappa shape index (κ2) is 6.14. The largest absolute Gasteiger partial charge is 0.433 e. The number of hydrogen-bond donors (Lipinski definition) is 1. The number of thiocarbonyl (C=S) groups is 1. The number of anilines is 1. The molecule has 106 valence electrons. The van der Waals surface area contributed by atoms with Gasteiger partial charge in [-0.2, -0.15) is 13.2 Å². The Bertz CT molecular complexity index is 448. The molecule has 2 N–H and O–H groups in total. The van der Waals surface area contributed by atoms with Crippen molar-refractivity contribution in [1.82, 2.24) is 9.97 Å². The van der Waals surface area contributed by atoms with Crippen LogP contribution >= 0.6 is 12.2 Å². The summed E-state index contributed by atoms with van der Waals surface area (Å²) < 4.78 is 37.8. The van der Waals surface area contributed by atoms with E-state index in [0.29, 0.717) is 18.0 Å². The van der Waals surface area contributed by atoms with Crippen molar-refractivity contribution in [2.75, 3.05) is 11.4 Å². The van der Waals surface area contributed by atoms with Gasteiger partial charge in [0.25, 0.3) is 0 Å². The number of nitrogens with zero attached hydrogens (tertiary/aromatic N) is 3. The monoisotopic (exact) mass is 292 g/mol. The van der Waals surface area contributed by atoms with Crippen LogP contribution in [0.1, 0.15) is 26.0 Å². The highest BCUT2D eigenvalue weighted by atomic mass is 32.1. The average Bonchev–Trinajstić information content (AvgIpc) is 2.27. The molecule has 0 spiro atoms. The molecule has 1 aromatic rings. The third-order valence-electron chi connectivity index (χ3n) is 2.41. The summed E-state index contributed by atoms with van der Waals surface area (Å²) in [7, 11) is 0. The SMILES string of the molecule is CC(C)N(CCC(N)=S)c1nccc(C(F)(F)F)n1. The summed E-state index contributed by atoms with van der Waals surface area (Å²) >= 11 is 4.77. The van der Waals surface area contributed by atoms with Crippen LogP contribution in [0.2, 0.25) is 0 Å². The number of nitrogens with two attached hydrogens (primary N) is 1. The van der Waals surface area contributed by atoms with Gasteiger partial charge in [-0.15, -0.1) is 0 Å². The Morgan fingerprint density at radius 1 is 1.47 bits per heavy atom. The van der Waals surface area contributed by atoms with E-state index in [1.54, 1.807) is 4.90 Å². The molecule has 0 saturated carbocycles. The molecule has 0 unspecified atom stereocenters. The molecule has 1 heterocycles. The van der Waals surface area contributed by atoms with Crippen molar-refractivity contribution < 1.29 is 13.2 Å². The fraction of sp³-hybridized carbons (Fsp3) is 0.545. The van der Waals surface area contributed by atoms with Crippen molar-refractivity contribution in [3.63, 3.8) is 0 Å². The van der Waals surface area contributed by atoms with E-state index in [1.807, 2.05) is 13.8 Å². The first-order chi connectivity index (χ1) is 8.71. The summed E-state index contributed by atoms with van der Waals surface area (Å²) in [5, 5.41) is 0. The summed E-state index contributed by atoms with van der Waals surface area (Å²) in [4.78, 5) is 9.37. The smallest absolute Gasteiger partial charge is 0.393 e. The molecule has 0 bridgehead atoms. The highest BCUT2D eigenvalue weighted by molar-refractivity contribution is 7.80. The third-order valence-corrected chi connectivity index (χ3v) is 2.62. The quantitative estimate of drug-likeness (QED) is 0.845. The van der Waals surface area contributed by atoms with Gasteiger partial charge < -0.3 is 10.6 Å². The Labute approximate surface area is 114 Å². The standard InChI is InChI=1S/C11H15F3N4S/c1-7(2)18(6-4-9(15)19)10-16-5-3-8(17-10)11(12,13)14/h3,5,7H,4,6H2,1-2H3,(H2,15,19). The van der Waals surface area contributed by atoms with Gasteiger partial charge in [0, 0.05) is 25.2 Å². The third kappa shape index (κ3) is 4.62. The minimum absolute atomic E-state index is 0.0288. The van der Waals surface area contributed by atoms with Crippen molar-refractivity contribution in [2.45, 2.75) is 32.5 Å². The van der Waals surface area contributed by atoms with Gasteiger partial charge in [-0.3, -0.25) is 0 Å². The Balaban J connectivity index is 2.99. The molecule has 0 atom stereocenters. The molecular formula is C11H15F3N4S. The molecule has 0 fully saturated rings. The maximum absolute atomic E-state index is 12.6. The van der Waals surface area contributed by atoms with Crippen LogP contribution < -0.4 is 10.6 Å². The first-order valence-corrected chi connectivity index (χ1v) is 6.08. The Hall–Kier alpha value is -1.44. The number of hydrogen-bond acceptors (Lipinski definition) is 4. The van der Waals surface area contributed by atoms with Crippen LogP contribution in [-0.4, -0.2) is 27.5 Å². The molecule has 1 rings (SSSR count). The molecular weight excluding hydrogens is 277 g/mol. The van der Waals surface area contributed by atoms with Crippen LogP contribution in [0, 0.1) is 0 Å². The molecule has 0 saturated heterocycles. The van der Waals surface area contributed by atoms with E-state index in [9.17, 15) is 13.2 Å². The molecule has 0 aromatic carbocycles. The van der Waals surface area contributed by atoms with Gasteiger partial charge in [0.2, 0.25) is 5.95 Å². The van der Waals surface area contributed by atoms with Crippen molar-refractivity contribution in [3.05, 3.63) is 18.0 Å². The van der Waals surface area contributed by atoms with Crippen molar-refractivity contribution in [2.24, 2.45) is 5.73 Å². The topological polar surface area (TPSA) is 55.0 Å². The molecule has 0 radical (unpaired) electrons. The molecule has 1 aromatic heterocycles. The lowest BCUT2D eigenvalue weighted by Crippen LogP contribution is -2.35. The highest BCUT2D eigenvalue weighted by Gasteiger charge is 2.33. The van der Waals surface area contributed by atoms with Crippen molar-refractivity contribution in [3.8, 4) is 0 Å². The Kier molecular flexibility index (Phi) is 5.04. The Morgan fingerprint density at radius 3 is 2.58 bits per heavy atom. The van der Waals surface area contributed by atoms with E-state index in [-0.39, 0.29) is 12.0 Å². The minimum Gasteiger partial charge on any atom is -0.393 e. The number of alkyl halides is 3. The zero-order valence-corrected chi connectivity index (χ0v) is 11.4. The number of rotatable bonds is 5. The molecule has 8 heteroatoms. The average molecular weight is 292 g/mol. The van der Waals surface area contributed by atoms with E-state index in [1.165, 1.54) is 0 Å². The van der Waals surface area contributed by atoms with Gasteiger partial charge in [-0.1, -0.05) is 12.2 Å². The van der Waals surface area contributed by atoms with Crippen LogP contribution in [0.15, 0.2) is 12.3 Å². The second-order valence-electron chi connectivity index (χ2n) is 4.24.